The molecule has 1 fully saturated rings. The van der Waals surface area contributed by atoms with Crippen LogP contribution in [0.25, 0.3) is 11.0 Å². The van der Waals surface area contributed by atoms with Crippen molar-refractivity contribution in [3.63, 3.8) is 0 Å². The second kappa shape index (κ2) is 11.1. The molecule has 0 bridgehead atoms. The van der Waals surface area contributed by atoms with Gasteiger partial charge in [0.15, 0.2) is 0 Å². The van der Waals surface area contributed by atoms with E-state index in [-0.39, 0.29) is 18.4 Å². The molecule has 0 radical (unpaired) electrons. The van der Waals surface area contributed by atoms with Crippen LogP contribution in [0.15, 0.2) is 57.7 Å². The van der Waals surface area contributed by atoms with E-state index >= 15 is 0 Å². The van der Waals surface area contributed by atoms with Gasteiger partial charge in [-0.2, -0.15) is 0 Å². The Morgan fingerprint density at radius 1 is 1.11 bits per heavy atom. The van der Waals surface area contributed by atoms with Gasteiger partial charge in [0.2, 0.25) is 5.91 Å². The Hall–Kier alpha value is -3.16. The Morgan fingerprint density at radius 3 is 2.57 bits per heavy atom. The van der Waals surface area contributed by atoms with E-state index in [2.05, 4.69) is 4.90 Å². The molecule has 0 spiro atoms. The van der Waals surface area contributed by atoms with Crippen molar-refractivity contribution in [3.05, 3.63) is 75.6 Å². The van der Waals surface area contributed by atoms with Crippen LogP contribution in [0.3, 0.4) is 0 Å². The highest BCUT2D eigenvalue weighted by Crippen LogP contribution is 2.23. The van der Waals surface area contributed by atoms with E-state index in [0.717, 1.165) is 41.9 Å². The molecule has 186 valence electrons. The van der Waals surface area contributed by atoms with E-state index in [1.54, 1.807) is 12.1 Å². The number of aliphatic hydroxyl groups is 1. The number of carbonyl (C=O) groups excluding carboxylic acids is 1. The minimum atomic E-state index is -1.87. The molecule has 3 N–H and O–H groups in total. The molecule has 2 aromatic carbocycles. The number of fused-ring (bicyclic) bond motifs is 1. The zero-order chi connectivity index (χ0) is 24.8. The zero-order valence-corrected chi connectivity index (χ0v) is 20.3. The summed E-state index contributed by atoms with van der Waals surface area (Å²) in [5.74, 6) is -0.0705. The lowest BCUT2D eigenvalue weighted by atomic mass is 9.88. The fourth-order valence-corrected chi connectivity index (χ4v) is 4.60. The van der Waals surface area contributed by atoms with E-state index in [9.17, 15) is 14.7 Å². The molecule has 0 saturated carbocycles. The van der Waals surface area contributed by atoms with Gasteiger partial charge >= 0.3 is 5.63 Å². The lowest BCUT2D eigenvalue weighted by Crippen LogP contribution is -2.47. The number of hydrogen-bond donors (Lipinski definition) is 2. The van der Waals surface area contributed by atoms with Gasteiger partial charge < -0.3 is 20.0 Å². The maximum Gasteiger partial charge on any atom is 0.339 e. The molecule has 1 aromatic heterocycles. The standard InChI is InChI=1S/C28H34N2O5/c1-20-5-10-25-22(17-20)18-23(26(31)35-25)19-28(33,27(29)32)12-11-21-6-8-24(9-7-21)34-16-15-30-13-3-2-4-14-30/h5-10,17-18,33H,2-4,11-16,19H2,1H3,(H2,29,32). The summed E-state index contributed by atoms with van der Waals surface area (Å²) in [7, 11) is 0. The SMILES string of the molecule is Cc1ccc2oc(=O)c(CC(O)(CCc3ccc(OCCN4CCCCC4)cc3)C(N)=O)cc2c1. The number of nitrogens with two attached hydrogens (primary N) is 1. The predicted molar refractivity (Wildman–Crippen MR) is 136 cm³/mol. The molecular weight excluding hydrogens is 444 g/mol. The Bertz CT molecular complexity index is 1210. The molecule has 1 saturated heterocycles. The molecule has 1 aliphatic rings. The van der Waals surface area contributed by atoms with Crippen molar-refractivity contribution in [1.29, 1.82) is 0 Å². The number of amides is 1. The number of ether oxygens (including phenoxy) is 1. The molecule has 1 amide bonds. The second-order valence-electron chi connectivity index (χ2n) is 9.57. The van der Waals surface area contributed by atoms with Crippen LogP contribution in [0, 0.1) is 6.92 Å². The maximum absolute atomic E-state index is 12.5. The van der Waals surface area contributed by atoms with Gasteiger partial charge in [-0.05, 0) is 81.6 Å². The Balaban J connectivity index is 1.36. The van der Waals surface area contributed by atoms with E-state index in [1.165, 1.54) is 19.3 Å². The summed E-state index contributed by atoms with van der Waals surface area (Å²) in [6.45, 7) is 5.80. The minimum Gasteiger partial charge on any atom is -0.492 e. The first kappa shape index (κ1) is 24.9. The number of primary amides is 1. The summed E-state index contributed by atoms with van der Waals surface area (Å²) in [6.07, 6.45) is 4.15. The second-order valence-corrected chi connectivity index (χ2v) is 9.57. The highest BCUT2D eigenvalue weighted by atomic mass is 16.5. The molecule has 1 atom stereocenters. The van der Waals surface area contributed by atoms with Gasteiger partial charge in [-0.25, -0.2) is 4.79 Å². The fourth-order valence-electron chi connectivity index (χ4n) is 4.60. The van der Waals surface area contributed by atoms with Gasteiger partial charge in [-0.1, -0.05) is 30.2 Å². The number of nitrogens with zero attached hydrogens (tertiary/aromatic N) is 1. The third-order valence-corrected chi connectivity index (χ3v) is 6.78. The van der Waals surface area contributed by atoms with Crippen molar-refractivity contribution < 1.29 is 19.1 Å². The number of hydrogen-bond acceptors (Lipinski definition) is 6. The number of rotatable bonds is 10. The summed E-state index contributed by atoms with van der Waals surface area (Å²) in [4.78, 5) is 27.1. The summed E-state index contributed by atoms with van der Waals surface area (Å²) >= 11 is 0. The first-order valence-electron chi connectivity index (χ1n) is 12.3. The Labute approximate surface area is 205 Å². The number of likely N-dealkylation sites (tertiary alicyclic amines) is 1. The summed E-state index contributed by atoms with van der Waals surface area (Å²) < 4.78 is 11.3. The van der Waals surface area contributed by atoms with Crippen LogP contribution in [-0.2, 0) is 17.6 Å². The molecule has 7 heteroatoms. The largest absolute Gasteiger partial charge is 0.492 e. The van der Waals surface area contributed by atoms with Crippen molar-refractivity contribution in [3.8, 4) is 5.75 Å². The van der Waals surface area contributed by atoms with Crippen LogP contribution in [0.5, 0.6) is 5.75 Å². The third-order valence-electron chi connectivity index (χ3n) is 6.78. The monoisotopic (exact) mass is 478 g/mol. The van der Waals surface area contributed by atoms with Crippen molar-refractivity contribution in [2.75, 3.05) is 26.2 Å². The Morgan fingerprint density at radius 2 is 1.86 bits per heavy atom. The van der Waals surface area contributed by atoms with Crippen LogP contribution in [-0.4, -0.2) is 47.8 Å². The maximum atomic E-state index is 12.5. The van der Waals surface area contributed by atoms with Crippen molar-refractivity contribution in [1.82, 2.24) is 4.90 Å². The lowest BCUT2D eigenvalue weighted by molar-refractivity contribution is -0.136. The van der Waals surface area contributed by atoms with E-state index in [4.69, 9.17) is 14.9 Å². The predicted octanol–water partition coefficient (Wildman–Crippen LogP) is 3.36. The fraction of sp³-hybridized carbons (Fsp3) is 0.429. The van der Waals surface area contributed by atoms with Crippen molar-refractivity contribution >= 4 is 16.9 Å². The van der Waals surface area contributed by atoms with Crippen molar-refractivity contribution in [2.24, 2.45) is 5.73 Å². The lowest BCUT2D eigenvalue weighted by Gasteiger charge is -2.26. The molecule has 35 heavy (non-hydrogen) atoms. The summed E-state index contributed by atoms with van der Waals surface area (Å²) in [5.41, 5.74) is 5.76. The number of benzene rings is 2. The summed E-state index contributed by atoms with van der Waals surface area (Å²) in [6, 6.07) is 14.8. The molecule has 7 nitrogen and oxygen atoms in total. The van der Waals surface area contributed by atoms with Crippen molar-refractivity contribution in [2.45, 2.75) is 51.0 Å². The number of carbonyl (C=O) groups is 1. The highest BCUT2D eigenvalue weighted by molar-refractivity contribution is 5.84. The van der Waals surface area contributed by atoms with Crippen LogP contribution < -0.4 is 16.1 Å². The Kier molecular flexibility index (Phi) is 7.88. The highest BCUT2D eigenvalue weighted by Gasteiger charge is 2.35. The zero-order valence-electron chi connectivity index (χ0n) is 20.3. The topological polar surface area (TPSA) is 106 Å². The van der Waals surface area contributed by atoms with Gasteiger partial charge in [-0.15, -0.1) is 0 Å². The molecule has 0 aliphatic carbocycles. The average molecular weight is 479 g/mol. The van der Waals surface area contributed by atoms with Crippen LogP contribution in [0.4, 0.5) is 0 Å². The molecule has 3 aromatic rings. The quantitative estimate of drug-likeness (QED) is 0.433. The molecule has 4 rings (SSSR count). The smallest absolute Gasteiger partial charge is 0.339 e. The van der Waals surface area contributed by atoms with E-state index in [0.29, 0.717) is 18.6 Å². The minimum absolute atomic E-state index is 0.0861. The van der Waals surface area contributed by atoms with Gasteiger partial charge in [0, 0.05) is 23.9 Å². The van der Waals surface area contributed by atoms with E-state index in [1.807, 2.05) is 43.3 Å². The number of piperidine rings is 1. The molecule has 1 aliphatic heterocycles. The van der Waals surface area contributed by atoms with Crippen LogP contribution >= 0.6 is 0 Å². The van der Waals surface area contributed by atoms with Crippen LogP contribution in [0.2, 0.25) is 0 Å². The molecular formula is C28H34N2O5. The third kappa shape index (κ3) is 6.50. The average Bonchev–Trinajstić information content (AvgIpc) is 2.85. The first-order valence-corrected chi connectivity index (χ1v) is 12.3. The van der Waals surface area contributed by atoms with Gasteiger partial charge in [0.1, 0.15) is 23.5 Å². The summed E-state index contributed by atoms with van der Waals surface area (Å²) in [5, 5.41) is 11.8. The van der Waals surface area contributed by atoms with E-state index < -0.39 is 17.1 Å². The van der Waals surface area contributed by atoms with Gasteiger partial charge in [-0.3, -0.25) is 9.69 Å². The number of aryl methyl sites for hydroxylation is 2. The van der Waals surface area contributed by atoms with Crippen LogP contribution in [0.1, 0.15) is 42.4 Å². The normalized spacial score (nSPS) is 16.2. The molecule has 2 heterocycles. The molecule has 1 unspecified atom stereocenters. The van der Waals surface area contributed by atoms with Gasteiger partial charge in [0.25, 0.3) is 0 Å². The van der Waals surface area contributed by atoms with Gasteiger partial charge in [0.05, 0.1) is 0 Å². The first-order chi connectivity index (χ1) is 16.8.